The minimum absolute atomic E-state index is 0.0398. The molecular formula is C6H16N2OS. The molecule has 0 aliphatic heterocycles. The SMILES string of the molecule is CNS(=N)(=O)CC(C)(C)C. The van der Waals surface area contributed by atoms with Crippen LogP contribution < -0.4 is 4.72 Å². The molecule has 2 N–H and O–H groups in total. The zero-order valence-electron chi connectivity index (χ0n) is 7.02. The first-order chi connectivity index (χ1) is 4.27. The fourth-order valence-electron chi connectivity index (χ4n) is 0.682. The van der Waals surface area contributed by atoms with Gasteiger partial charge in [0.25, 0.3) is 0 Å². The fourth-order valence-corrected chi connectivity index (χ4v) is 2.05. The van der Waals surface area contributed by atoms with Crippen molar-refractivity contribution in [3.63, 3.8) is 0 Å². The number of nitrogens with one attached hydrogen (secondary N) is 2. The quantitative estimate of drug-likeness (QED) is 0.633. The van der Waals surface area contributed by atoms with Crippen molar-refractivity contribution in [1.29, 1.82) is 4.78 Å². The summed E-state index contributed by atoms with van der Waals surface area (Å²) in [6.07, 6.45) is 0. The largest absolute Gasteiger partial charge is 0.240 e. The summed E-state index contributed by atoms with van der Waals surface area (Å²) >= 11 is 0. The topological polar surface area (TPSA) is 53.0 Å². The van der Waals surface area contributed by atoms with E-state index < -0.39 is 9.92 Å². The van der Waals surface area contributed by atoms with Crippen molar-refractivity contribution in [3.8, 4) is 0 Å². The number of hydrogen-bond donors (Lipinski definition) is 2. The third-order valence-corrected chi connectivity index (χ3v) is 2.90. The first-order valence-electron chi connectivity index (χ1n) is 3.22. The second kappa shape index (κ2) is 2.88. The molecule has 0 fully saturated rings. The summed E-state index contributed by atoms with van der Waals surface area (Å²) in [6.45, 7) is 5.91. The van der Waals surface area contributed by atoms with Crippen LogP contribution in [0.5, 0.6) is 0 Å². The lowest BCUT2D eigenvalue weighted by molar-refractivity contribution is 0.470. The maximum atomic E-state index is 11.1. The van der Waals surface area contributed by atoms with Crippen molar-refractivity contribution in [2.75, 3.05) is 12.8 Å². The van der Waals surface area contributed by atoms with Gasteiger partial charge in [-0.25, -0.2) is 13.7 Å². The van der Waals surface area contributed by atoms with Crippen molar-refractivity contribution >= 4 is 9.92 Å². The van der Waals surface area contributed by atoms with Gasteiger partial charge in [-0.05, 0) is 12.5 Å². The van der Waals surface area contributed by atoms with Gasteiger partial charge in [-0.3, -0.25) is 0 Å². The first-order valence-corrected chi connectivity index (χ1v) is 4.94. The third-order valence-electron chi connectivity index (χ3n) is 0.966. The van der Waals surface area contributed by atoms with Gasteiger partial charge < -0.3 is 0 Å². The lowest BCUT2D eigenvalue weighted by Gasteiger charge is -2.18. The maximum Gasteiger partial charge on any atom is 0.105 e. The van der Waals surface area contributed by atoms with Crippen molar-refractivity contribution in [2.24, 2.45) is 5.41 Å². The molecule has 3 nitrogen and oxygen atoms in total. The van der Waals surface area contributed by atoms with Gasteiger partial charge in [0.2, 0.25) is 0 Å². The summed E-state index contributed by atoms with van der Waals surface area (Å²) in [5, 5.41) is 0. The molecule has 10 heavy (non-hydrogen) atoms. The van der Waals surface area contributed by atoms with Gasteiger partial charge in [0.1, 0.15) is 9.92 Å². The van der Waals surface area contributed by atoms with E-state index in [0.717, 1.165) is 0 Å². The van der Waals surface area contributed by atoms with Crippen molar-refractivity contribution < 1.29 is 4.21 Å². The predicted molar refractivity (Wildman–Crippen MR) is 44.2 cm³/mol. The molecule has 0 aliphatic carbocycles. The Hall–Kier alpha value is -0.0900. The number of rotatable bonds is 2. The van der Waals surface area contributed by atoms with Crippen LogP contribution in [-0.4, -0.2) is 17.0 Å². The summed E-state index contributed by atoms with van der Waals surface area (Å²) in [5.41, 5.74) is -0.0398. The highest BCUT2D eigenvalue weighted by atomic mass is 32.2. The molecule has 0 aromatic heterocycles. The monoisotopic (exact) mass is 164 g/mol. The first kappa shape index (κ1) is 9.91. The Labute approximate surface area is 63.3 Å². The molecule has 0 aromatic carbocycles. The summed E-state index contributed by atoms with van der Waals surface area (Å²) in [5.74, 6) is 0.399. The molecule has 0 heterocycles. The number of hydrogen-bond acceptors (Lipinski definition) is 2. The Morgan fingerprint density at radius 2 is 1.90 bits per heavy atom. The Morgan fingerprint density at radius 1 is 1.50 bits per heavy atom. The van der Waals surface area contributed by atoms with Gasteiger partial charge in [-0.15, -0.1) is 0 Å². The molecule has 0 aromatic rings. The summed E-state index contributed by atoms with van der Waals surface area (Å²) < 4.78 is 20.9. The van der Waals surface area contributed by atoms with E-state index in [-0.39, 0.29) is 5.41 Å². The summed E-state index contributed by atoms with van der Waals surface area (Å²) in [6, 6.07) is 0. The fraction of sp³-hybridized carbons (Fsp3) is 1.00. The van der Waals surface area contributed by atoms with Crippen molar-refractivity contribution in [1.82, 2.24) is 4.72 Å². The van der Waals surface area contributed by atoms with E-state index >= 15 is 0 Å². The van der Waals surface area contributed by atoms with E-state index in [2.05, 4.69) is 4.72 Å². The smallest absolute Gasteiger partial charge is 0.105 e. The van der Waals surface area contributed by atoms with Gasteiger partial charge in [0, 0.05) is 0 Å². The zero-order valence-corrected chi connectivity index (χ0v) is 7.84. The van der Waals surface area contributed by atoms with Crippen LogP contribution in [0.2, 0.25) is 0 Å². The molecule has 0 bridgehead atoms. The minimum Gasteiger partial charge on any atom is -0.240 e. The molecule has 0 amide bonds. The lowest BCUT2D eigenvalue weighted by atomic mass is 10.0. The van der Waals surface area contributed by atoms with Gasteiger partial charge >= 0.3 is 0 Å². The molecule has 0 saturated carbocycles. The highest BCUT2D eigenvalue weighted by Crippen LogP contribution is 2.14. The second-order valence-electron chi connectivity index (χ2n) is 3.58. The van der Waals surface area contributed by atoms with Crippen LogP contribution in [0.1, 0.15) is 20.8 Å². The van der Waals surface area contributed by atoms with Crippen molar-refractivity contribution in [3.05, 3.63) is 0 Å². The van der Waals surface area contributed by atoms with Crippen LogP contribution in [-0.2, 0) is 9.92 Å². The minimum atomic E-state index is -2.53. The highest BCUT2D eigenvalue weighted by molar-refractivity contribution is 7.90. The van der Waals surface area contributed by atoms with E-state index in [1.54, 1.807) is 7.05 Å². The molecule has 0 aliphatic rings. The lowest BCUT2D eigenvalue weighted by Crippen LogP contribution is -2.28. The zero-order chi connectivity index (χ0) is 8.41. The molecule has 0 radical (unpaired) electrons. The molecule has 0 rings (SSSR count). The summed E-state index contributed by atoms with van der Waals surface area (Å²) in [7, 11) is -0.971. The van der Waals surface area contributed by atoms with Crippen LogP contribution in [0.3, 0.4) is 0 Å². The third kappa shape index (κ3) is 4.76. The van der Waals surface area contributed by atoms with Crippen LogP contribution >= 0.6 is 0 Å². The van der Waals surface area contributed by atoms with E-state index in [9.17, 15) is 4.21 Å². The van der Waals surface area contributed by atoms with Crippen LogP contribution in [0.15, 0.2) is 0 Å². The van der Waals surface area contributed by atoms with Gasteiger partial charge in [-0.2, -0.15) is 0 Å². The van der Waals surface area contributed by atoms with Crippen LogP contribution in [0.25, 0.3) is 0 Å². The van der Waals surface area contributed by atoms with E-state index in [4.69, 9.17) is 4.78 Å². The average Bonchev–Trinajstić information content (AvgIpc) is 1.60. The predicted octanol–water partition coefficient (Wildman–Crippen LogP) is 1.21. The Bertz CT molecular complexity index is 188. The molecule has 1 atom stereocenters. The Morgan fingerprint density at radius 3 is 2.00 bits per heavy atom. The summed E-state index contributed by atoms with van der Waals surface area (Å²) in [4.78, 5) is 0. The normalized spacial score (nSPS) is 18.4. The molecule has 4 heteroatoms. The molecule has 0 spiro atoms. The molecule has 1 unspecified atom stereocenters. The highest BCUT2D eigenvalue weighted by Gasteiger charge is 2.16. The van der Waals surface area contributed by atoms with Gasteiger partial charge in [-0.1, -0.05) is 20.8 Å². The molecule has 62 valence electrons. The standard InChI is InChI=1S/C6H16N2OS/c1-6(2,3)5-10(7,9)8-4/h5H2,1-4H3,(H2,7,8,9). The van der Waals surface area contributed by atoms with Crippen LogP contribution in [0, 0.1) is 10.2 Å². The maximum absolute atomic E-state index is 11.1. The average molecular weight is 164 g/mol. The second-order valence-corrected chi connectivity index (χ2v) is 5.63. The van der Waals surface area contributed by atoms with E-state index in [1.807, 2.05) is 20.8 Å². The van der Waals surface area contributed by atoms with E-state index in [0.29, 0.717) is 5.75 Å². The Balaban J connectivity index is 4.18. The molecule has 0 saturated heterocycles. The van der Waals surface area contributed by atoms with Gasteiger partial charge in [0.15, 0.2) is 0 Å². The molecular weight excluding hydrogens is 148 g/mol. The van der Waals surface area contributed by atoms with Gasteiger partial charge in [0.05, 0.1) is 5.75 Å². The van der Waals surface area contributed by atoms with Crippen LogP contribution in [0.4, 0.5) is 0 Å². The Kier molecular flexibility index (Phi) is 2.86. The van der Waals surface area contributed by atoms with Crippen molar-refractivity contribution in [2.45, 2.75) is 20.8 Å². The van der Waals surface area contributed by atoms with E-state index in [1.165, 1.54) is 0 Å².